The molecule has 0 spiro atoms. The van der Waals surface area contributed by atoms with Gasteiger partial charge in [-0.25, -0.2) is 4.99 Å². The Kier molecular flexibility index (Phi) is 9.87. The predicted octanol–water partition coefficient (Wildman–Crippen LogP) is 5.36. The topological polar surface area (TPSA) is 93.4 Å². The number of phenols is 1. The van der Waals surface area contributed by atoms with Crippen LogP contribution in [-0.2, 0) is 0 Å². The standard InChI is InChI=1S/C25H28N6OS2/c1-18-14-19(16-26-30-24(33-2)28-21-10-6-4-7-11-21)23(32)20(15-18)17-27-31-25(34-3)29-22-12-8-5-9-13-22/h4-17,24,28,30,32H,1-3H3,(H,29,31)/b26-16+,27-17?. The highest BCUT2D eigenvalue weighted by atomic mass is 32.2. The van der Waals surface area contributed by atoms with Crippen molar-refractivity contribution in [1.82, 2.24) is 10.9 Å². The Morgan fingerprint density at radius 2 is 1.53 bits per heavy atom. The van der Waals surface area contributed by atoms with Crippen LogP contribution >= 0.6 is 23.5 Å². The smallest absolute Gasteiger partial charge is 0.182 e. The fourth-order valence-electron chi connectivity index (χ4n) is 2.93. The van der Waals surface area contributed by atoms with Gasteiger partial charge < -0.3 is 10.4 Å². The van der Waals surface area contributed by atoms with Crippen LogP contribution in [0.3, 0.4) is 0 Å². The number of aliphatic imine (C=N–C) groups is 1. The third-order valence-electron chi connectivity index (χ3n) is 4.56. The van der Waals surface area contributed by atoms with Crippen LogP contribution in [0.5, 0.6) is 5.75 Å². The summed E-state index contributed by atoms with van der Waals surface area (Å²) in [7, 11) is 0. The Bertz CT molecular complexity index is 1140. The lowest BCUT2D eigenvalue weighted by Crippen LogP contribution is -2.29. The van der Waals surface area contributed by atoms with Crippen molar-refractivity contribution in [3.63, 3.8) is 0 Å². The van der Waals surface area contributed by atoms with Gasteiger partial charge in [0.2, 0.25) is 0 Å². The normalized spacial score (nSPS) is 12.7. The molecule has 3 aromatic rings. The summed E-state index contributed by atoms with van der Waals surface area (Å²) in [5.74, 6) is 0.101. The number of benzene rings is 3. The molecule has 1 unspecified atom stereocenters. The molecule has 0 aromatic heterocycles. The van der Waals surface area contributed by atoms with Gasteiger partial charge in [0.15, 0.2) is 10.7 Å². The first-order valence-corrected chi connectivity index (χ1v) is 13.0. The van der Waals surface area contributed by atoms with Gasteiger partial charge in [-0.15, -0.1) is 11.8 Å². The minimum Gasteiger partial charge on any atom is -0.507 e. The molecule has 3 aromatic carbocycles. The van der Waals surface area contributed by atoms with Gasteiger partial charge in [-0.1, -0.05) is 48.2 Å². The molecule has 0 heterocycles. The number of nitrogens with one attached hydrogen (secondary N) is 3. The van der Waals surface area contributed by atoms with Crippen LogP contribution in [0.2, 0.25) is 0 Å². The number of rotatable bonds is 9. The summed E-state index contributed by atoms with van der Waals surface area (Å²) >= 11 is 3.04. The van der Waals surface area contributed by atoms with Crippen molar-refractivity contribution in [2.45, 2.75) is 12.4 Å². The summed E-state index contributed by atoms with van der Waals surface area (Å²) in [6.07, 6.45) is 7.09. The molecule has 0 aliphatic carbocycles. The van der Waals surface area contributed by atoms with Gasteiger partial charge >= 0.3 is 0 Å². The Morgan fingerprint density at radius 3 is 2.15 bits per heavy atom. The Morgan fingerprint density at radius 1 is 0.912 bits per heavy atom. The van der Waals surface area contributed by atoms with E-state index < -0.39 is 0 Å². The molecule has 0 saturated heterocycles. The second-order valence-electron chi connectivity index (χ2n) is 7.13. The molecule has 176 valence electrons. The maximum atomic E-state index is 10.7. The number of aromatic hydroxyl groups is 1. The molecule has 0 saturated carbocycles. The average molecular weight is 493 g/mol. The molecule has 4 N–H and O–H groups in total. The highest BCUT2D eigenvalue weighted by Crippen LogP contribution is 2.22. The lowest BCUT2D eigenvalue weighted by molar-refractivity contribution is 0.473. The Hall–Kier alpha value is -3.43. The van der Waals surface area contributed by atoms with Gasteiger partial charge in [0.25, 0.3) is 0 Å². The highest BCUT2D eigenvalue weighted by molar-refractivity contribution is 8.13. The van der Waals surface area contributed by atoms with E-state index in [0.717, 1.165) is 16.9 Å². The zero-order valence-electron chi connectivity index (χ0n) is 19.3. The minimum absolute atomic E-state index is 0.101. The van der Waals surface area contributed by atoms with Gasteiger partial charge in [-0.3, -0.25) is 10.9 Å². The largest absolute Gasteiger partial charge is 0.507 e. The number of aryl methyl sites for hydroxylation is 1. The first kappa shape index (κ1) is 25.2. The summed E-state index contributed by atoms with van der Waals surface area (Å²) in [6.45, 7) is 1.96. The highest BCUT2D eigenvalue weighted by Gasteiger charge is 2.07. The first-order chi connectivity index (χ1) is 16.6. The molecule has 0 aliphatic rings. The van der Waals surface area contributed by atoms with Crippen LogP contribution in [-0.4, -0.2) is 40.7 Å². The molecule has 0 fully saturated rings. The molecule has 3 rings (SSSR count). The van der Waals surface area contributed by atoms with E-state index >= 15 is 0 Å². The third-order valence-corrected chi connectivity index (χ3v) is 5.82. The first-order valence-electron chi connectivity index (χ1n) is 10.5. The summed E-state index contributed by atoms with van der Waals surface area (Å²) in [4.78, 5) is 4.52. The van der Waals surface area contributed by atoms with Crippen molar-refractivity contribution in [1.29, 1.82) is 0 Å². The van der Waals surface area contributed by atoms with E-state index in [1.807, 2.05) is 92.2 Å². The van der Waals surface area contributed by atoms with Crippen molar-refractivity contribution >= 4 is 52.5 Å². The van der Waals surface area contributed by atoms with E-state index in [4.69, 9.17) is 0 Å². The lowest BCUT2D eigenvalue weighted by Gasteiger charge is -2.17. The van der Waals surface area contributed by atoms with Gasteiger partial charge in [0, 0.05) is 16.8 Å². The van der Waals surface area contributed by atoms with E-state index in [9.17, 15) is 5.11 Å². The summed E-state index contributed by atoms with van der Waals surface area (Å²) < 4.78 is 0. The number of hydrogen-bond donors (Lipinski definition) is 4. The van der Waals surface area contributed by atoms with E-state index in [1.54, 1.807) is 24.2 Å². The van der Waals surface area contributed by atoms with Crippen LogP contribution in [0.25, 0.3) is 0 Å². The summed E-state index contributed by atoms with van der Waals surface area (Å²) in [5.41, 5.74) is 9.87. The molecule has 34 heavy (non-hydrogen) atoms. The number of para-hydroxylation sites is 2. The maximum absolute atomic E-state index is 10.7. The minimum atomic E-state index is -0.121. The van der Waals surface area contributed by atoms with Crippen LogP contribution in [0, 0.1) is 6.92 Å². The van der Waals surface area contributed by atoms with Crippen molar-refractivity contribution < 1.29 is 5.11 Å². The van der Waals surface area contributed by atoms with Crippen molar-refractivity contribution in [2.75, 3.05) is 17.8 Å². The summed E-state index contributed by atoms with van der Waals surface area (Å²) in [5, 5.41) is 23.3. The second-order valence-corrected chi connectivity index (χ2v) is 8.87. The molecule has 0 amide bonds. The van der Waals surface area contributed by atoms with Crippen LogP contribution < -0.4 is 16.2 Å². The molecular formula is C25H28N6OS2. The number of hydrogen-bond acceptors (Lipinski definition) is 8. The number of nitrogens with zero attached hydrogens (tertiary/aromatic N) is 3. The van der Waals surface area contributed by atoms with Crippen molar-refractivity contribution in [3.8, 4) is 5.75 Å². The fourth-order valence-corrected chi connectivity index (χ4v) is 3.69. The van der Waals surface area contributed by atoms with Gasteiger partial charge in [0.1, 0.15) is 5.75 Å². The molecule has 0 bridgehead atoms. The average Bonchev–Trinajstić information content (AvgIpc) is 2.86. The molecule has 7 nitrogen and oxygen atoms in total. The lowest BCUT2D eigenvalue weighted by atomic mass is 10.1. The zero-order chi connectivity index (χ0) is 24.2. The van der Waals surface area contributed by atoms with E-state index in [1.165, 1.54) is 11.8 Å². The maximum Gasteiger partial charge on any atom is 0.182 e. The Labute approximate surface area is 208 Å². The monoisotopic (exact) mass is 492 g/mol. The van der Waals surface area contributed by atoms with Crippen molar-refractivity contribution in [3.05, 3.63) is 89.5 Å². The molecule has 9 heteroatoms. The van der Waals surface area contributed by atoms with Gasteiger partial charge in [-0.2, -0.15) is 10.2 Å². The van der Waals surface area contributed by atoms with Crippen LogP contribution in [0.15, 0.2) is 88.0 Å². The third kappa shape index (κ3) is 7.86. The van der Waals surface area contributed by atoms with Gasteiger partial charge in [-0.05, 0) is 61.4 Å². The molecule has 0 radical (unpaired) electrons. The summed E-state index contributed by atoms with van der Waals surface area (Å²) in [6, 6.07) is 23.3. The number of thioether (sulfide) groups is 2. The van der Waals surface area contributed by atoms with Crippen LogP contribution in [0.1, 0.15) is 16.7 Å². The van der Waals surface area contributed by atoms with Gasteiger partial charge in [0.05, 0.1) is 18.1 Å². The van der Waals surface area contributed by atoms with E-state index in [0.29, 0.717) is 16.3 Å². The number of hydrazone groups is 2. The predicted molar refractivity (Wildman–Crippen MR) is 149 cm³/mol. The fraction of sp³-hybridized carbons (Fsp3) is 0.160. The molecular weight excluding hydrogens is 464 g/mol. The van der Waals surface area contributed by atoms with Crippen molar-refractivity contribution in [2.24, 2.45) is 15.2 Å². The van der Waals surface area contributed by atoms with E-state index in [2.05, 4.69) is 31.4 Å². The SMILES string of the molecule is CSC(=Nc1ccccc1)NN=Cc1cc(C)cc(/C=N/NC(Nc2ccccc2)SC)c1O. The number of amidine groups is 1. The van der Waals surface area contributed by atoms with Crippen LogP contribution in [0.4, 0.5) is 11.4 Å². The molecule has 0 aliphatic heterocycles. The number of anilines is 1. The number of phenolic OH excluding ortho intramolecular Hbond substituents is 1. The second kappa shape index (κ2) is 13.3. The van der Waals surface area contributed by atoms with E-state index in [-0.39, 0.29) is 11.2 Å². The quantitative estimate of drug-likeness (QED) is 0.139. The molecule has 1 atom stereocenters. The zero-order valence-corrected chi connectivity index (χ0v) is 20.9. The Balaban J connectivity index is 1.67.